The largest absolute Gasteiger partial charge is 0.493 e. The predicted molar refractivity (Wildman–Crippen MR) is 156 cm³/mol. The van der Waals surface area contributed by atoms with Crippen molar-refractivity contribution in [3.8, 4) is 11.5 Å². The maximum atomic E-state index is 12.5. The summed E-state index contributed by atoms with van der Waals surface area (Å²) in [5.41, 5.74) is 1.95. The lowest BCUT2D eigenvalue weighted by atomic mass is 10.1. The molecule has 0 saturated carbocycles. The van der Waals surface area contributed by atoms with Crippen LogP contribution in [0.2, 0.25) is 0 Å². The maximum absolute atomic E-state index is 12.5. The number of carbonyl (C=O) groups is 1. The summed E-state index contributed by atoms with van der Waals surface area (Å²) in [5.74, 6) is 2.21. The van der Waals surface area contributed by atoms with Gasteiger partial charge in [-0.15, -0.1) is 11.8 Å². The van der Waals surface area contributed by atoms with Crippen LogP contribution >= 0.6 is 11.8 Å². The molecule has 1 heterocycles. The first-order valence-corrected chi connectivity index (χ1v) is 14.9. The Hall–Kier alpha value is -2.60. The molecule has 0 bridgehead atoms. The van der Waals surface area contributed by atoms with Gasteiger partial charge in [-0.05, 0) is 48.1 Å². The van der Waals surface area contributed by atoms with E-state index >= 15 is 0 Å². The molecule has 0 radical (unpaired) electrons. The van der Waals surface area contributed by atoms with Gasteiger partial charge in [-0.25, -0.2) is 0 Å². The Morgan fingerprint density at radius 1 is 0.892 bits per heavy atom. The molecule has 1 amide bonds. The number of hydrogen-bond acceptors (Lipinski definition) is 5. The molecule has 2 aromatic carbocycles. The van der Waals surface area contributed by atoms with Gasteiger partial charge in [0.1, 0.15) is 11.5 Å². The molecule has 6 heteroatoms. The van der Waals surface area contributed by atoms with Gasteiger partial charge < -0.3 is 19.7 Å². The number of anilines is 1. The molecule has 0 aromatic heterocycles. The zero-order valence-electron chi connectivity index (χ0n) is 22.7. The van der Waals surface area contributed by atoms with Crippen LogP contribution in [-0.4, -0.2) is 29.9 Å². The second-order valence-corrected chi connectivity index (χ2v) is 11.0. The van der Waals surface area contributed by atoms with Crippen LogP contribution in [0.15, 0.2) is 59.6 Å². The summed E-state index contributed by atoms with van der Waals surface area (Å²) in [6, 6.07) is 15.5. The Balaban J connectivity index is 1.30. The van der Waals surface area contributed by atoms with E-state index in [2.05, 4.69) is 36.3 Å². The minimum atomic E-state index is -0.179. The number of carbonyl (C=O) groups excluding carboxylic acids is 1. The smallest absolute Gasteiger partial charge is 0.262 e. The summed E-state index contributed by atoms with van der Waals surface area (Å²) >= 11 is 1.85. The van der Waals surface area contributed by atoms with Crippen LogP contribution in [0.5, 0.6) is 11.5 Å². The van der Waals surface area contributed by atoms with E-state index in [1.807, 2.05) is 54.2 Å². The van der Waals surface area contributed by atoms with Gasteiger partial charge in [-0.2, -0.15) is 0 Å². The summed E-state index contributed by atoms with van der Waals surface area (Å²) in [4.78, 5) is 16.1. The quantitative estimate of drug-likeness (QED) is 0.199. The van der Waals surface area contributed by atoms with Crippen molar-refractivity contribution in [1.82, 2.24) is 4.90 Å². The van der Waals surface area contributed by atoms with Gasteiger partial charge in [0.15, 0.2) is 6.61 Å². The molecule has 2 aromatic rings. The van der Waals surface area contributed by atoms with E-state index in [4.69, 9.17) is 9.47 Å². The summed E-state index contributed by atoms with van der Waals surface area (Å²) in [7, 11) is 0. The third kappa shape index (κ3) is 12.0. The first-order chi connectivity index (χ1) is 18.1. The van der Waals surface area contributed by atoms with Crippen LogP contribution in [0.25, 0.3) is 0 Å². The Morgan fingerprint density at radius 3 is 2.27 bits per heavy atom. The van der Waals surface area contributed by atoms with E-state index in [0.29, 0.717) is 12.4 Å². The highest BCUT2D eigenvalue weighted by Crippen LogP contribution is 2.26. The lowest BCUT2D eigenvalue weighted by molar-refractivity contribution is -0.118. The molecule has 0 unspecified atom stereocenters. The lowest BCUT2D eigenvalue weighted by Crippen LogP contribution is -2.20. The Labute approximate surface area is 228 Å². The highest BCUT2D eigenvalue weighted by atomic mass is 32.2. The van der Waals surface area contributed by atoms with E-state index in [1.165, 1.54) is 62.7 Å². The molecule has 1 aliphatic heterocycles. The Kier molecular flexibility index (Phi) is 13.3. The average molecular weight is 525 g/mol. The normalized spacial score (nSPS) is 12.9. The lowest BCUT2D eigenvalue weighted by Gasteiger charge is -2.15. The molecule has 37 heavy (non-hydrogen) atoms. The first kappa shape index (κ1) is 29.0. The standard InChI is InChI=1S/C31H44N2O3S/c1-3-4-5-6-7-8-9-10-11-12-19-35-29-17-14-18-30(21-29)36-24-31(34)32-28-16-13-15-27(20-28)23-33-22-26(2)37-25-33/h13-18,20-22H,3-12,19,23-25H2,1-2H3,(H,32,34). The number of amides is 1. The van der Waals surface area contributed by atoms with Crippen molar-refractivity contribution in [2.45, 2.75) is 84.6 Å². The summed E-state index contributed by atoms with van der Waals surface area (Å²) in [6.45, 7) is 5.89. The average Bonchev–Trinajstić information content (AvgIpc) is 3.31. The van der Waals surface area contributed by atoms with Crippen LogP contribution < -0.4 is 14.8 Å². The zero-order chi connectivity index (χ0) is 26.1. The molecule has 5 nitrogen and oxygen atoms in total. The van der Waals surface area contributed by atoms with Gasteiger partial charge in [0.25, 0.3) is 5.91 Å². The molecule has 0 spiro atoms. The number of hydrogen-bond donors (Lipinski definition) is 1. The SMILES string of the molecule is CCCCCCCCCCCCOc1cccc(OCC(=O)Nc2cccc(CN3C=C(C)SC3)c2)c1. The van der Waals surface area contributed by atoms with Crippen LogP contribution in [0.4, 0.5) is 5.69 Å². The van der Waals surface area contributed by atoms with Crippen molar-refractivity contribution in [3.63, 3.8) is 0 Å². The minimum absolute atomic E-state index is 0.0448. The highest BCUT2D eigenvalue weighted by molar-refractivity contribution is 8.03. The molecule has 3 rings (SSSR count). The molecule has 1 N–H and O–H groups in total. The third-order valence-electron chi connectivity index (χ3n) is 6.36. The summed E-state index contributed by atoms with van der Waals surface area (Å²) in [6.07, 6.45) is 15.3. The summed E-state index contributed by atoms with van der Waals surface area (Å²) in [5, 5.41) is 2.94. The molecule has 0 fully saturated rings. The number of benzene rings is 2. The number of nitrogens with zero attached hydrogens (tertiary/aromatic N) is 1. The fourth-order valence-electron chi connectivity index (χ4n) is 4.37. The summed E-state index contributed by atoms with van der Waals surface area (Å²) < 4.78 is 11.6. The van der Waals surface area contributed by atoms with Crippen LogP contribution in [-0.2, 0) is 11.3 Å². The number of ether oxygens (including phenoxy) is 2. The minimum Gasteiger partial charge on any atom is -0.493 e. The fraction of sp³-hybridized carbons (Fsp3) is 0.516. The van der Waals surface area contributed by atoms with E-state index in [9.17, 15) is 4.79 Å². The highest BCUT2D eigenvalue weighted by Gasteiger charge is 2.11. The second-order valence-electron chi connectivity index (χ2n) is 9.80. The molecule has 0 atom stereocenters. The Morgan fingerprint density at radius 2 is 1.57 bits per heavy atom. The van der Waals surface area contributed by atoms with Crippen molar-refractivity contribution in [2.24, 2.45) is 0 Å². The molecular weight excluding hydrogens is 480 g/mol. The molecule has 1 aliphatic rings. The van der Waals surface area contributed by atoms with Crippen molar-refractivity contribution < 1.29 is 14.3 Å². The number of thioether (sulfide) groups is 1. The van der Waals surface area contributed by atoms with Crippen molar-refractivity contribution >= 4 is 23.4 Å². The van der Waals surface area contributed by atoms with E-state index < -0.39 is 0 Å². The van der Waals surface area contributed by atoms with Gasteiger partial charge in [0, 0.05) is 24.5 Å². The van der Waals surface area contributed by atoms with Gasteiger partial charge in [-0.1, -0.05) is 82.9 Å². The van der Waals surface area contributed by atoms with Gasteiger partial charge >= 0.3 is 0 Å². The predicted octanol–water partition coefficient (Wildman–Crippen LogP) is 8.37. The first-order valence-electron chi connectivity index (χ1n) is 13.9. The third-order valence-corrected chi connectivity index (χ3v) is 7.38. The van der Waals surface area contributed by atoms with E-state index in [-0.39, 0.29) is 12.5 Å². The van der Waals surface area contributed by atoms with Crippen LogP contribution in [0, 0.1) is 0 Å². The molecule has 0 saturated heterocycles. The van der Waals surface area contributed by atoms with Crippen molar-refractivity contribution in [3.05, 3.63) is 65.2 Å². The van der Waals surface area contributed by atoms with Crippen molar-refractivity contribution in [1.29, 1.82) is 0 Å². The maximum Gasteiger partial charge on any atom is 0.262 e. The number of rotatable bonds is 18. The van der Waals surface area contributed by atoms with E-state index in [0.717, 1.165) is 35.8 Å². The number of allylic oxidation sites excluding steroid dienone is 1. The molecule has 0 aliphatic carbocycles. The molecular formula is C31H44N2O3S. The second kappa shape index (κ2) is 17.0. The van der Waals surface area contributed by atoms with Gasteiger partial charge in [-0.3, -0.25) is 4.79 Å². The number of nitrogens with one attached hydrogen (secondary N) is 1. The number of unbranched alkanes of at least 4 members (excludes halogenated alkanes) is 9. The van der Waals surface area contributed by atoms with Crippen LogP contribution in [0.1, 0.15) is 83.6 Å². The van der Waals surface area contributed by atoms with Gasteiger partial charge in [0.05, 0.1) is 12.5 Å². The van der Waals surface area contributed by atoms with Gasteiger partial charge in [0.2, 0.25) is 0 Å². The molecule has 202 valence electrons. The van der Waals surface area contributed by atoms with E-state index in [1.54, 1.807) is 0 Å². The fourth-order valence-corrected chi connectivity index (χ4v) is 5.13. The monoisotopic (exact) mass is 524 g/mol. The Bertz CT molecular complexity index is 978. The zero-order valence-corrected chi connectivity index (χ0v) is 23.5. The van der Waals surface area contributed by atoms with Crippen LogP contribution in [0.3, 0.4) is 0 Å². The van der Waals surface area contributed by atoms with Crippen molar-refractivity contribution in [2.75, 3.05) is 24.4 Å². The topological polar surface area (TPSA) is 50.8 Å².